The fourth-order valence-electron chi connectivity index (χ4n) is 4.02. The first-order chi connectivity index (χ1) is 15.5. The number of amidine groups is 1. The fraction of sp³-hybridized carbons (Fsp3) is 0.273. The molecular weight excluding hydrogens is 412 g/mol. The summed E-state index contributed by atoms with van der Waals surface area (Å²) in [6, 6.07) is 17.8. The van der Waals surface area contributed by atoms with Crippen LogP contribution in [-0.2, 0) is 9.53 Å². The molecule has 1 unspecified atom stereocenters. The predicted molar refractivity (Wildman–Crippen MR) is 119 cm³/mol. The van der Waals surface area contributed by atoms with Crippen LogP contribution < -0.4 is 11.1 Å². The van der Waals surface area contributed by atoms with E-state index in [1.807, 2.05) is 54.6 Å². The molecule has 0 spiro atoms. The number of carbonyl (C=O) groups is 1. The van der Waals surface area contributed by atoms with Gasteiger partial charge in [0.05, 0.1) is 12.7 Å². The van der Waals surface area contributed by atoms with Gasteiger partial charge in [-0.1, -0.05) is 42.5 Å². The number of amides is 1. The average molecular weight is 434 g/mol. The van der Waals surface area contributed by atoms with E-state index in [1.54, 1.807) is 4.90 Å². The quantitative estimate of drug-likeness (QED) is 0.537. The first-order valence-electron chi connectivity index (χ1n) is 10.2. The van der Waals surface area contributed by atoms with Crippen molar-refractivity contribution < 1.29 is 19.7 Å². The molecule has 0 aliphatic carbocycles. The van der Waals surface area contributed by atoms with Crippen molar-refractivity contribution in [2.45, 2.75) is 31.1 Å². The van der Waals surface area contributed by atoms with Crippen molar-refractivity contribution in [1.82, 2.24) is 4.90 Å². The van der Waals surface area contributed by atoms with Crippen LogP contribution >= 0.6 is 0 Å². The summed E-state index contributed by atoms with van der Waals surface area (Å²) in [6.07, 6.45) is -2.77. The number of guanidine groups is 1. The molecule has 3 heterocycles. The minimum atomic E-state index is -0.856. The molecule has 5 rings (SSSR count). The van der Waals surface area contributed by atoms with Crippen LogP contribution in [-0.4, -0.2) is 69.9 Å². The number of aliphatic imine (C=N–C) groups is 3. The highest BCUT2D eigenvalue weighted by Crippen LogP contribution is 2.30. The van der Waals surface area contributed by atoms with Gasteiger partial charge in [-0.2, -0.15) is 9.98 Å². The second-order valence-electron chi connectivity index (χ2n) is 7.67. The normalized spacial score (nSPS) is 27.0. The van der Waals surface area contributed by atoms with E-state index in [2.05, 4.69) is 20.3 Å². The van der Waals surface area contributed by atoms with Crippen molar-refractivity contribution in [2.75, 3.05) is 11.9 Å². The van der Waals surface area contributed by atoms with Crippen molar-refractivity contribution >= 4 is 29.1 Å². The first-order valence-corrected chi connectivity index (χ1v) is 10.2. The Hall–Kier alpha value is -3.60. The van der Waals surface area contributed by atoms with Gasteiger partial charge in [0.25, 0.3) is 0 Å². The molecular formula is C22H22N6O4. The van der Waals surface area contributed by atoms with E-state index >= 15 is 0 Å². The van der Waals surface area contributed by atoms with Crippen molar-refractivity contribution in [3.63, 3.8) is 0 Å². The van der Waals surface area contributed by atoms with Gasteiger partial charge in [0.15, 0.2) is 11.5 Å². The number of aliphatic hydroxyl groups excluding tert-OH is 2. The average Bonchev–Trinajstić information content (AvgIpc) is 3.34. The smallest absolute Gasteiger partial charge is 0.302 e. The summed E-state index contributed by atoms with van der Waals surface area (Å²) in [5, 5.41) is 22.9. The molecule has 2 aromatic rings. The minimum absolute atomic E-state index is 0.0724. The molecule has 0 aromatic heterocycles. The Kier molecular flexibility index (Phi) is 5.17. The minimum Gasteiger partial charge on any atom is -0.394 e. The Balaban J connectivity index is 1.42. The van der Waals surface area contributed by atoms with E-state index in [0.29, 0.717) is 0 Å². The zero-order chi connectivity index (χ0) is 22.2. The van der Waals surface area contributed by atoms with Gasteiger partial charge in [-0.3, -0.25) is 9.69 Å². The molecule has 1 amide bonds. The molecule has 32 heavy (non-hydrogen) atoms. The van der Waals surface area contributed by atoms with E-state index in [1.165, 1.54) is 0 Å². The zero-order valence-corrected chi connectivity index (χ0v) is 17.0. The number of hydrogen-bond acceptors (Lipinski definition) is 9. The summed E-state index contributed by atoms with van der Waals surface area (Å²) >= 11 is 0. The molecule has 1 fully saturated rings. The number of fused-ring (bicyclic) bond motifs is 1. The van der Waals surface area contributed by atoms with Crippen LogP contribution in [0.15, 0.2) is 69.6 Å². The lowest BCUT2D eigenvalue weighted by Gasteiger charge is -2.32. The highest BCUT2D eigenvalue weighted by atomic mass is 16.5. The van der Waals surface area contributed by atoms with Crippen LogP contribution in [0.1, 0.15) is 6.42 Å². The number of hydrogen-bond donors (Lipinski definition) is 4. The lowest BCUT2D eigenvalue weighted by Crippen LogP contribution is -2.49. The number of aliphatic hydroxyl groups is 2. The zero-order valence-electron chi connectivity index (χ0n) is 17.0. The molecule has 3 aliphatic rings. The number of ether oxygens (including phenoxy) is 1. The maximum absolute atomic E-state index is 12.4. The highest BCUT2D eigenvalue weighted by Gasteiger charge is 2.47. The van der Waals surface area contributed by atoms with Crippen LogP contribution in [0.25, 0.3) is 11.1 Å². The summed E-state index contributed by atoms with van der Waals surface area (Å²) in [5.41, 5.74) is 8.70. The van der Waals surface area contributed by atoms with Crippen LogP contribution in [0.4, 0.5) is 5.69 Å². The van der Waals surface area contributed by atoms with Gasteiger partial charge in [-0.25, -0.2) is 4.99 Å². The largest absolute Gasteiger partial charge is 0.394 e. The van der Waals surface area contributed by atoms with Crippen LogP contribution in [0.2, 0.25) is 0 Å². The Bertz CT molecular complexity index is 1120. The van der Waals surface area contributed by atoms with Gasteiger partial charge < -0.3 is 26.0 Å². The maximum atomic E-state index is 12.4. The SMILES string of the molecule is NC1=NC(=O)C2=NC(Nc3ccc(-c4ccccc4)cc3)N([C@H]3C[C@H](O)[C@@H](CO)O3)C2=N1. The maximum Gasteiger partial charge on any atom is 0.302 e. The molecule has 0 saturated carbocycles. The molecule has 0 bridgehead atoms. The van der Waals surface area contributed by atoms with Gasteiger partial charge >= 0.3 is 5.91 Å². The van der Waals surface area contributed by atoms with Crippen molar-refractivity contribution in [3.05, 3.63) is 54.6 Å². The Morgan fingerprint density at radius 3 is 2.50 bits per heavy atom. The van der Waals surface area contributed by atoms with E-state index < -0.39 is 30.6 Å². The molecule has 10 heteroatoms. The van der Waals surface area contributed by atoms with Crippen LogP contribution in [0.5, 0.6) is 0 Å². The molecule has 4 atom stereocenters. The summed E-state index contributed by atoms with van der Waals surface area (Å²) in [7, 11) is 0. The van der Waals surface area contributed by atoms with Crippen LogP contribution in [0.3, 0.4) is 0 Å². The van der Waals surface area contributed by atoms with Gasteiger partial charge in [-0.05, 0) is 23.3 Å². The second kappa shape index (κ2) is 8.15. The lowest BCUT2D eigenvalue weighted by molar-refractivity contribution is -0.111. The van der Waals surface area contributed by atoms with E-state index in [9.17, 15) is 15.0 Å². The van der Waals surface area contributed by atoms with Crippen molar-refractivity contribution in [3.8, 4) is 11.1 Å². The van der Waals surface area contributed by atoms with Crippen molar-refractivity contribution in [1.29, 1.82) is 0 Å². The van der Waals surface area contributed by atoms with E-state index in [-0.39, 0.29) is 30.5 Å². The summed E-state index contributed by atoms with van der Waals surface area (Å²) < 4.78 is 5.81. The number of nitrogens with one attached hydrogen (secondary N) is 1. The highest BCUT2D eigenvalue weighted by molar-refractivity contribution is 6.69. The first kappa shape index (κ1) is 20.3. The third-order valence-corrected chi connectivity index (χ3v) is 5.59. The number of nitrogens with two attached hydrogens (primary N) is 1. The number of nitrogens with zero attached hydrogens (tertiary/aromatic N) is 4. The number of anilines is 1. The molecule has 0 radical (unpaired) electrons. The van der Waals surface area contributed by atoms with Gasteiger partial charge in [0.2, 0.25) is 12.2 Å². The molecule has 2 aromatic carbocycles. The molecule has 10 nitrogen and oxygen atoms in total. The molecule has 5 N–H and O–H groups in total. The summed E-state index contributed by atoms with van der Waals surface area (Å²) in [5.74, 6) is -0.519. The standard InChI is InChI=1S/C22H22N6O4/c23-21-26-19-18(20(31)27-21)25-22(28(19)17-10-15(30)16(11-29)32-17)24-14-8-6-13(7-9-14)12-4-2-1-3-5-12/h1-9,15-17,22,24,29-30H,10-11H2,(H2,23,27,31)/t15-,16+,17+,22?/m0/s1. The monoisotopic (exact) mass is 434 g/mol. The number of benzene rings is 2. The summed E-state index contributed by atoms with van der Waals surface area (Å²) in [6.45, 7) is -0.326. The van der Waals surface area contributed by atoms with Gasteiger partial charge in [0, 0.05) is 12.1 Å². The lowest BCUT2D eigenvalue weighted by atomic mass is 10.1. The fourth-order valence-corrected chi connectivity index (χ4v) is 4.02. The van der Waals surface area contributed by atoms with Crippen molar-refractivity contribution in [2.24, 2.45) is 20.7 Å². The predicted octanol–water partition coefficient (Wildman–Crippen LogP) is 0.527. The summed E-state index contributed by atoms with van der Waals surface area (Å²) in [4.78, 5) is 26.4. The van der Waals surface area contributed by atoms with E-state index in [0.717, 1.165) is 16.8 Å². The third-order valence-electron chi connectivity index (χ3n) is 5.59. The molecule has 164 valence electrons. The molecule has 3 aliphatic heterocycles. The Labute approximate surface area is 183 Å². The molecule has 1 saturated heterocycles. The number of rotatable bonds is 5. The topological polar surface area (TPSA) is 145 Å². The number of carbonyl (C=O) groups excluding carboxylic acids is 1. The second-order valence-corrected chi connectivity index (χ2v) is 7.67. The van der Waals surface area contributed by atoms with E-state index in [4.69, 9.17) is 10.5 Å². The van der Waals surface area contributed by atoms with Crippen LogP contribution in [0, 0.1) is 0 Å². The Morgan fingerprint density at radius 2 is 1.81 bits per heavy atom. The van der Waals surface area contributed by atoms with Gasteiger partial charge in [0.1, 0.15) is 12.3 Å². The van der Waals surface area contributed by atoms with Gasteiger partial charge in [-0.15, -0.1) is 0 Å². The third kappa shape index (κ3) is 3.64. The Morgan fingerprint density at radius 1 is 1.09 bits per heavy atom.